The normalized spacial score (nSPS) is 13.5. The van der Waals surface area contributed by atoms with Crippen molar-refractivity contribution in [1.82, 2.24) is 5.32 Å². The first-order valence-corrected chi connectivity index (χ1v) is 12.4. The molecule has 0 fully saturated rings. The molecule has 0 aromatic rings. The van der Waals surface area contributed by atoms with Gasteiger partial charge >= 0.3 is 0 Å². The Kier molecular flexibility index (Phi) is 14.8. The first-order chi connectivity index (χ1) is 13.1. The minimum atomic E-state index is -4.13. The number of hydrogen-bond donors (Lipinski definition) is 3. The van der Waals surface area contributed by atoms with Crippen LogP contribution in [0, 0.1) is 0 Å². The van der Waals surface area contributed by atoms with Crippen LogP contribution < -0.4 is 5.32 Å². The maximum atomic E-state index is 11.5. The zero-order valence-electron chi connectivity index (χ0n) is 18.2. The van der Waals surface area contributed by atoms with Crippen LogP contribution in [0.3, 0.4) is 0 Å². The molecule has 28 heavy (non-hydrogen) atoms. The van der Waals surface area contributed by atoms with Gasteiger partial charge in [0.25, 0.3) is 10.1 Å². The highest BCUT2D eigenvalue weighted by molar-refractivity contribution is 7.85. The number of quaternary nitrogens is 1. The number of carbonyl (C=O) groups is 1. The van der Waals surface area contributed by atoms with Crippen molar-refractivity contribution < 1.29 is 27.4 Å². The van der Waals surface area contributed by atoms with Crippen LogP contribution in [0.15, 0.2) is 0 Å². The van der Waals surface area contributed by atoms with Crippen molar-refractivity contribution in [2.24, 2.45) is 0 Å². The number of amides is 1. The van der Waals surface area contributed by atoms with Crippen LogP contribution in [-0.2, 0) is 14.9 Å². The third-order valence-electron chi connectivity index (χ3n) is 4.85. The molecule has 0 saturated heterocycles. The predicted molar refractivity (Wildman–Crippen MR) is 114 cm³/mol. The lowest BCUT2D eigenvalue weighted by molar-refractivity contribution is -0.893. The van der Waals surface area contributed by atoms with Crippen molar-refractivity contribution in [1.29, 1.82) is 0 Å². The monoisotopic (exact) mass is 423 g/mol. The van der Waals surface area contributed by atoms with Crippen molar-refractivity contribution >= 4 is 16.0 Å². The quantitative estimate of drug-likeness (QED) is 0.179. The maximum absolute atomic E-state index is 11.5. The van der Waals surface area contributed by atoms with Crippen molar-refractivity contribution in [3.05, 3.63) is 0 Å². The van der Waals surface area contributed by atoms with Crippen LogP contribution in [-0.4, -0.2) is 74.1 Å². The highest BCUT2D eigenvalue weighted by Gasteiger charge is 2.23. The van der Waals surface area contributed by atoms with Crippen molar-refractivity contribution in [2.75, 3.05) is 39.5 Å². The third kappa shape index (κ3) is 18.7. The lowest BCUT2D eigenvalue weighted by Gasteiger charge is -2.31. The second kappa shape index (κ2) is 15.2. The van der Waals surface area contributed by atoms with Gasteiger partial charge in [0.2, 0.25) is 5.91 Å². The number of nitrogens with one attached hydrogen (secondary N) is 1. The average Bonchev–Trinajstić information content (AvgIpc) is 2.55. The van der Waals surface area contributed by atoms with E-state index in [1.165, 1.54) is 32.1 Å². The summed E-state index contributed by atoms with van der Waals surface area (Å²) in [4.78, 5) is 11.5. The van der Waals surface area contributed by atoms with Crippen LogP contribution in [0.4, 0.5) is 0 Å². The third-order valence-corrected chi connectivity index (χ3v) is 5.65. The number of hydrogen-bond acceptors (Lipinski definition) is 4. The molecule has 168 valence electrons. The van der Waals surface area contributed by atoms with E-state index in [0.29, 0.717) is 17.4 Å². The molecule has 0 aliphatic rings. The Labute approximate surface area is 172 Å². The summed E-state index contributed by atoms with van der Waals surface area (Å²) in [6.07, 6.45) is 10.9. The molecule has 1 atom stereocenters. The van der Waals surface area contributed by atoms with Gasteiger partial charge in [-0.1, -0.05) is 45.4 Å². The van der Waals surface area contributed by atoms with E-state index in [0.717, 1.165) is 45.2 Å². The summed E-state index contributed by atoms with van der Waals surface area (Å²) in [5, 5.41) is 12.7. The molecule has 0 rings (SSSR count). The summed E-state index contributed by atoms with van der Waals surface area (Å²) >= 11 is 0. The van der Waals surface area contributed by atoms with Crippen LogP contribution in [0.25, 0.3) is 0 Å². The summed E-state index contributed by atoms with van der Waals surface area (Å²) in [6.45, 7) is 4.03. The van der Waals surface area contributed by atoms with Gasteiger partial charge in [0.05, 0.1) is 20.6 Å². The summed E-state index contributed by atoms with van der Waals surface area (Å²) in [5.41, 5.74) is 0. The van der Waals surface area contributed by atoms with Gasteiger partial charge < -0.3 is 14.9 Å². The van der Waals surface area contributed by atoms with Gasteiger partial charge in [-0.2, -0.15) is 8.42 Å². The van der Waals surface area contributed by atoms with Crippen LogP contribution in [0.1, 0.15) is 77.6 Å². The van der Waals surface area contributed by atoms with Gasteiger partial charge in [-0.15, -0.1) is 0 Å². The Morgan fingerprint density at radius 1 is 0.964 bits per heavy atom. The van der Waals surface area contributed by atoms with Gasteiger partial charge in [0.15, 0.2) is 0 Å². The Bertz CT molecular complexity index is 509. The number of carbonyl (C=O) groups excluding carboxylic acids is 1. The van der Waals surface area contributed by atoms with E-state index in [9.17, 15) is 18.3 Å². The molecule has 0 radical (unpaired) electrons. The largest absolute Gasteiger partial charge is 0.386 e. The van der Waals surface area contributed by atoms with Crippen molar-refractivity contribution in [2.45, 2.75) is 83.7 Å². The molecule has 1 amide bonds. The Morgan fingerprint density at radius 3 is 1.96 bits per heavy atom. The molecule has 0 spiro atoms. The molecule has 0 aliphatic carbocycles. The van der Waals surface area contributed by atoms with E-state index in [4.69, 9.17) is 4.55 Å². The molecule has 0 bridgehead atoms. The van der Waals surface area contributed by atoms with Gasteiger partial charge in [0.1, 0.15) is 18.4 Å². The Hall–Kier alpha value is -0.700. The summed E-state index contributed by atoms with van der Waals surface area (Å²) < 4.78 is 31.0. The summed E-state index contributed by atoms with van der Waals surface area (Å²) in [7, 11) is -0.192. The highest BCUT2D eigenvalue weighted by Crippen LogP contribution is 2.12. The number of nitrogens with zero attached hydrogens (tertiary/aromatic N) is 1. The number of unbranched alkanes of at least 4 members (excludes halogenated alkanes) is 8. The molecule has 0 aromatic heterocycles. The summed E-state index contributed by atoms with van der Waals surface area (Å²) in [5.74, 6) is -0.424. The SMILES string of the molecule is CCCNC(=O)CCCCCCCCCCC[N+](C)(C)CC(O)CS(=O)(=O)O. The van der Waals surface area contributed by atoms with Gasteiger partial charge in [-0.05, 0) is 25.7 Å². The maximum Gasteiger partial charge on any atom is 0.267 e. The number of likely N-dealkylation sites (N-methyl/N-ethyl adjacent to an activating group) is 1. The van der Waals surface area contributed by atoms with Crippen molar-refractivity contribution in [3.63, 3.8) is 0 Å². The average molecular weight is 424 g/mol. The zero-order chi connectivity index (χ0) is 21.5. The first-order valence-electron chi connectivity index (χ1n) is 10.8. The molecule has 8 heteroatoms. The standard InChI is InChI=1S/C20H42N2O5S/c1-4-15-21-20(24)14-12-10-8-6-5-7-9-11-13-16-22(2,3)17-19(23)18-28(25,26)27/h19,23H,4-18H2,1-3H3,(H-,21,24,25,26,27)/p+1. The van der Waals surface area contributed by atoms with E-state index in [1.807, 2.05) is 14.1 Å². The lowest BCUT2D eigenvalue weighted by Crippen LogP contribution is -2.47. The van der Waals surface area contributed by atoms with Crippen molar-refractivity contribution in [3.8, 4) is 0 Å². The van der Waals surface area contributed by atoms with Gasteiger partial charge in [-0.3, -0.25) is 9.35 Å². The zero-order valence-corrected chi connectivity index (χ0v) is 19.0. The second-order valence-corrected chi connectivity index (χ2v) is 10.0. The Balaban J connectivity index is 3.54. The van der Waals surface area contributed by atoms with Gasteiger partial charge in [0, 0.05) is 13.0 Å². The van der Waals surface area contributed by atoms with E-state index in [1.54, 1.807) is 0 Å². The van der Waals surface area contributed by atoms with Crippen LogP contribution in [0.5, 0.6) is 0 Å². The smallest absolute Gasteiger partial charge is 0.267 e. The number of rotatable bonds is 18. The molecule has 1 unspecified atom stereocenters. The van der Waals surface area contributed by atoms with E-state index >= 15 is 0 Å². The molecular formula is C20H43N2O5S+. The van der Waals surface area contributed by atoms with Crippen LogP contribution in [0.2, 0.25) is 0 Å². The van der Waals surface area contributed by atoms with Crippen LogP contribution >= 0.6 is 0 Å². The Morgan fingerprint density at radius 2 is 1.46 bits per heavy atom. The molecular weight excluding hydrogens is 380 g/mol. The minimum Gasteiger partial charge on any atom is -0.386 e. The molecule has 0 heterocycles. The lowest BCUT2D eigenvalue weighted by atomic mass is 10.1. The highest BCUT2D eigenvalue weighted by atomic mass is 32.2. The molecule has 3 N–H and O–H groups in total. The summed E-state index contributed by atoms with van der Waals surface area (Å²) in [6, 6.07) is 0. The van der Waals surface area contributed by atoms with Gasteiger partial charge in [-0.25, -0.2) is 0 Å². The predicted octanol–water partition coefficient (Wildman–Crippen LogP) is 2.74. The topological polar surface area (TPSA) is 104 Å². The fourth-order valence-electron chi connectivity index (χ4n) is 3.37. The van der Waals surface area contributed by atoms with E-state index in [2.05, 4.69) is 12.2 Å². The van der Waals surface area contributed by atoms with E-state index < -0.39 is 22.0 Å². The molecule has 7 nitrogen and oxygen atoms in total. The molecule has 0 aromatic carbocycles. The fourth-order valence-corrected chi connectivity index (χ4v) is 3.96. The minimum absolute atomic E-state index is 0.175. The second-order valence-electron chi connectivity index (χ2n) is 8.53. The fraction of sp³-hybridized carbons (Fsp3) is 0.950. The molecule has 0 aliphatic heterocycles. The number of aliphatic hydroxyl groups excluding tert-OH is 1. The number of aliphatic hydroxyl groups is 1. The first kappa shape index (κ1) is 27.3. The molecule has 0 saturated carbocycles. The van der Waals surface area contributed by atoms with E-state index in [-0.39, 0.29) is 5.91 Å².